The number of hydrogen-bond donors (Lipinski definition) is 0. The summed E-state index contributed by atoms with van der Waals surface area (Å²) in [7, 11) is -13.5. The van der Waals surface area contributed by atoms with E-state index in [4.69, 9.17) is 0 Å². The van der Waals surface area contributed by atoms with Crippen LogP contribution in [-0.2, 0) is 43.7 Å². The molecule has 0 radical (unpaired) electrons. The van der Waals surface area contributed by atoms with Gasteiger partial charge < -0.3 is 13.7 Å². The Morgan fingerprint density at radius 1 is 0.257 bits per heavy atom. The van der Waals surface area contributed by atoms with E-state index in [-0.39, 0.29) is 37.2 Å². The van der Waals surface area contributed by atoms with Crippen LogP contribution in [0, 0.1) is 0 Å². The van der Waals surface area contributed by atoms with Crippen molar-refractivity contribution in [3.8, 4) is 0 Å². The van der Waals surface area contributed by atoms with E-state index in [9.17, 15) is 38.9 Å². The van der Waals surface area contributed by atoms with Crippen molar-refractivity contribution in [2.45, 2.75) is 290 Å². The normalized spacial score (nSPS) is 12.1. The third-order valence-electron chi connectivity index (χ3n) is 11.7. The molecule has 414 valence electrons. The molecule has 12 nitrogen and oxygen atoms in total. The second kappa shape index (κ2) is 60.9. The van der Waals surface area contributed by atoms with E-state index in [0.717, 1.165) is 77.0 Å². The fourth-order valence-corrected chi connectivity index (χ4v) is 8.50. The molecule has 0 aromatic rings. The summed E-state index contributed by atoms with van der Waals surface area (Å²) >= 11 is 0. The Balaban J connectivity index is -0.000000463. The molecule has 0 spiro atoms. The monoisotopic (exact) mass is 1070 g/mol. The van der Waals surface area contributed by atoms with Gasteiger partial charge in [0.2, 0.25) is 31.2 Å². The summed E-state index contributed by atoms with van der Waals surface area (Å²) in [6.07, 6.45) is 64.1. The minimum Gasteiger partial charge on any atom is -0.726 e. The topological polar surface area (TPSA) is 199 Å². The van der Waals surface area contributed by atoms with Crippen LogP contribution in [0.5, 0.6) is 0 Å². The molecule has 70 heavy (non-hydrogen) atoms. The minimum atomic E-state index is -4.50. The average Bonchev–Trinajstić information content (AvgIpc) is 3.29. The maximum Gasteiger partial charge on any atom is 3.00 e. The molecule has 16 heteroatoms. The van der Waals surface area contributed by atoms with Gasteiger partial charge in [-0.2, -0.15) is 0 Å². The van der Waals surface area contributed by atoms with Crippen LogP contribution in [0.3, 0.4) is 0 Å². The first-order valence-corrected chi connectivity index (χ1v) is 31.9. The molecular weight excluding hydrogens is 964 g/mol. The van der Waals surface area contributed by atoms with Crippen LogP contribution in [0.25, 0.3) is 0 Å². The van der Waals surface area contributed by atoms with Gasteiger partial charge >= 0.3 is 17.4 Å². The van der Waals surface area contributed by atoms with Gasteiger partial charge in [0, 0.05) is 0 Å². The van der Waals surface area contributed by atoms with E-state index in [0.29, 0.717) is 19.3 Å². The number of allylic oxidation sites excluding steroid dienone is 6. The minimum absolute atomic E-state index is 0. The first-order chi connectivity index (χ1) is 33.2. The fraction of sp³-hybridized carbons (Fsp3) is 0.889. The van der Waals surface area contributed by atoms with E-state index in [2.05, 4.69) is 69.8 Å². The summed E-state index contributed by atoms with van der Waals surface area (Å²) in [5.74, 6) is 0. The van der Waals surface area contributed by atoms with Gasteiger partial charge in [-0.05, 0) is 96.3 Å². The zero-order valence-electron chi connectivity index (χ0n) is 45.0. The smallest absolute Gasteiger partial charge is 0.726 e. The standard InChI is InChI=1S/3C18H36O4S.Al/c3*1-2-3-4-5-6-7-8-9-10-11-12-13-14-15-16-17-18-22-23(19,20)21;/h3*9-10H,2-8,11-18H2,1H3,(H,19,20,21);/q;;;+3/p-3. The summed E-state index contributed by atoms with van der Waals surface area (Å²) in [5, 5.41) is 0. The first-order valence-electron chi connectivity index (χ1n) is 27.9. The predicted octanol–water partition coefficient (Wildman–Crippen LogP) is 16.1. The molecule has 0 bridgehead atoms. The van der Waals surface area contributed by atoms with Crippen molar-refractivity contribution in [3.63, 3.8) is 0 Å². The third-order valence-corrected chi connectivity index (χ3v) is 13.0. The van der Waals surface area contributed by atoms with Crippen molar-refractivity contribution in [2.24, 2.45) is 0 Å². The zero-order chi connectivity index (χ0) is 51.7. The largest absolute Gasteiger partial charge is 3.00 e. The van der Waals surface area contributed by atoms with Gasteiger partial charge in [-0.1, -0.05) is 231 Å². The SMILES string of the molecule is CCCCCCCCC=CCCCCCCCCOS(=O)(=O)[O-].CCCCCCCCC=CCCCCCCCCOS(=O)(=O)[O-].CCCCCCCCC=CCCCCCCCCOS(=O)(=O)[O-].[Al+3]. The molecule has 0 fully saturated rings. The number of unbranched alkanes of at least 4 members (excludes halogenated alkanes) is 36. The molecule has 0 atom stereocenters. The summed E-state index contributed by atoms with van der Waals surface area (Å²) in [4.78, 5) is 0. The second-order valence-electron chi connectivity index (χ2n) is 18.5. The predicted molar refractivity (Wildman–Crippen MR) is 291 cm³/mol. The number of hydrogen-bond acceptors (Lipinski definition) is 12. The number of rotatable bonds is 51. The van der Waals surface area contributed by atoms with Crippen molar-refractivity contribution in [3.05, 3.63) is 36.5 Å². The van der Waals surface area contributed by atoms with E-state index < -0.39 is 31.2 Å². The Bertz CT molecular complexity index is 1270. The van der Waals surface area contributed by atoms with E-state index >= 15 is 0 Å². The van der Waals surface area contributed by atoms with Crippen molar-refractivity contribution in [2.75, 3.05) is 19.8 Å². The second-order valence-corrected chi connectivity index (χ2v) is 21.7. The Morgan fingerprint density at radius 2 is 0.400 bits per heavy atom. The Morgan fingerprint density at radius 3 is 0.557 bits per heavy atom. The summed E-state index contributed by atoms with van der Waals surface area (Å²) in [6.45, 7) is 6.81. The van der Waals surface area contributed by atoms with Crippen LogP contribution in [0.15, 0.2) is 36.5 Å². The third kappa shape index (κ3) is 84.2. The molecule has 0 aromatic carbocycles. The van der Waals surface area contributed by atoms with Crippen molar-refractivity contribution < 1.29 is 51.5 Å². The molecule has 0 amide bonds. The molecule has 0 N–H and O–H groups in total. The van der Waals surface area contributed by atoms with Crippen LogP contribution >= 0.6 is 0 Å². The van der Waals surface area contributed by atoms with Gasteiger partial charge in [0.05, 0.1) is 19.8 Å². The van der Waals surface area contributed by atoms with Gasteiger partial charge in [0.1, 0.15) is 0 Å². The zero-order valence-corrected chi connectivity index (χ0v) is 48.6. The van der Waals surface area contributed by atoms with Crippen LogP contribution in [0.2, 0.25) is 0 Å². The van der Waals surface area contributed by atoms with E-state index in [1.165, 1.54) is 173 Å². The fourth-order valence-electron chi connectivity index (χ4n) is 7.53. The Hall–Kier alpha value is -0.638. The van der Waals surface area contributed by atoms with Gasteiger partial charge in [-0.25, -0.2) is 25.3 Å². The van der Waals surface area contributed by atoms with Gasteiger partial charge in [-0.3, -0.25) is 12.5 Å². The summed E-state index contributed by atoms with van der Waals surface area (Å²) in [5.41, 5.74) is 0. The molecule has 0 unspecified atom stereocenters. The van der Waals surface area contributed by atoms with E-state index in [1.54, 1.807) is 0 Å². The first kappa shape index (κ1) is 75.9. The van der Waals surface area contributed by atoms with Gasteiger partial charge in [-0.15, -0.1) is 0 Å². The Kier molecular flexibility index (Phi) is 66.0. The summed E-state index contributed by atoms with van der Waals surface area (Å²) in [6, 6.07) is 0. The van der Waals surface area contributed by atoms with Gasteiger partial charge in [0.25, 0.3) is 0 Å². The molecule has 0 aliphatic rings. The molecular formula is C54H105AlO12S3. The van der Waals surface area contributed by atoms with Crippen LogP contribution < -0.4 is 0 Å². The van der Waals surface area contributed by atoms with Crippen molar-refractivity contribution in [1.29, 1.82) is 0 Å². The molecule has 0 saturated heterocycles. The van der Waals surface area contributed by atoms with E-state index in [1.807, 2.05) is 0 Å². The van der Waals surface area contributed by atoms with Crippen molar-refractivity contribution >= 4 is 48.6 Å². The molecule has 0 aliphatic heterocycles. The summed E-state index contributed by atoms with van der Waals surface area (Å²) < 4.78 is 104. The van der Waals surface area contributed by atoms with Crippen LogP contribution in [0.4, 0.5) is 0 Å². The molecule has 0 aliphatic carbocycles. The quantitative estimate of drug-likeness (QED) is 0.0184. The van der Waals surface area contributed by atoms with Gasteiger partial charge in [0.15, 0.2) is 0 Å². The van der Waals surface area contributed by atoms with Crippen LogP contribution in [0.1, 0.15) is 290 Å². The maximum atomic E-state index is 10.2. The average molecular weight is 1070 g/mol. The molecule has 0 heterocycles. The van der Waals surface area contributed by atoms with Crippen molar-refractivity contribution in [1.82, 2.24) is 0 Å². The Labute approximate surface area is 444 Å². The molecule has 0 saturated carbocycles. The van der Waals surface area contributed by atoms with Crippen LogP contribution in [-0.4, -0.2) is 76.1 Å². The maximum absolute atomic E-state index is 10.2. The molecule has 0 aromatic heterocycles. The molecule has 0 rings (SSSR count).